The smallest absolute Gasteiger partial charge is 0.253 e. The number of fused-ring (bicyclic) bond motifs is 1. The molecule has 2 aromatic carbocycles. The van der Waals surface area contributed by atoms with Crippen LogP contribution >= 0.6 is 0 Å². The molecule has 0 fully saturated rings. The molecule has 1 aromatic heterocycles. The average Bonchev–Trinajstić information content (AvgIpc) is 2.94. The SMILES string of the molecule is Cc1ccc(CNC(=O)c2cccc3[nH]cnc23)cc1. The second-order valence-corrected chi connectivity index (χ2v) is 4.77. The van der Waals surface area contributed by atoms with E-state index in [2.05, 4.69) is 15.3 Å². The van der Waals surface area contributed by atoms with E-state index in [0.29, 0.717) is 17.6 Å². The molecule has 0 aliphatic rings. The Morgan fingerprint density at radius 3 is 2.80 bits per heavy atom. The molecule has 3 rings (SSSR count). The van der Waals surface area contributed by atoms with Crippen LogP contribution < -0.4 is 5.32 Å². The summed E-state index contributed by atoms with van der Waals surface area (Å²) < 4.78 is 0. The number of nitrogens with zero attached hydrogens (tertiary/aromatic N) is 1. The van der Waals surface area contributed by atoms with Crippen LogP contribution in [0.25, 0.3) is 11.0 Å². The topological polar surface area (TPSA) is 57.8 Å². The zero-order valence-corrected chi connectivity index (χ0v) is 11.2. The largest absolute Gasteiger partial charge is 0.348 e. The Kier molecular flexibility index (Phi) is 3.21. The van der Waals surface area contributed by atoms with Gasteiger partial charge in [0.25, 0.3) is 5.91 Å². The quantitative estimate of drug-likeness (QED) is 0.765. The maximum absolute atomic E-state index is 12.2. The highest BCUT2D eigenvalue weighted by molar-refractivity contribution is 6.04. The predicted molar refractivity (Wildman–Crippen MR) is 78.4 cm³/mol. The Morgan fingerprint density at radius 2 is 2.00 bits per heavy atom. The Morgan fingerprint density at radius 1 is 1.20 bits per heavy atom. The van der Waals surface area contributed by atoms with Crippen LogP contribution in [0.1, 0.15) is 21.5 Å². The number of hydrogen-bond acceptors (Lipinski definition) is 2. The van der Waals surface area contributed by atoms with E-state index in [9.17, 15) is 4.79 Å². The molecular formula is C16H15N3O. The number of amides is 1. The molecule has 0 saturated carbocycles. The molecule has 3 aromatic rings. The molecule has 0 saturated heterocycles. The number of hydrogen-bond donors (Lipinski definition) is 2. The van der Waals surface area contributed by atoms with Crippen molar-refractivity contribution in [3.8, 4) is 0 Å². The van der Waals surface area contributed by atoms with Gasteiger partial charge in [-0.2, -0.15) is 0 Å². The van der Waals surface area contributed by atoms with Crippen molar-refractivity contribution in [1.82, 2.24) is 15.3 Å². The van der Waals surface area contributed by atoms with Gasteiger partial charge in [-0.15, -0.1) is 0 Å². The van der Waals surface area contributed by atoms with E-state index in [-0.39, 0.29) is 5.91 Å². The van der Waals surface area contributed by atoms with Crippen molar-refractivity contribution in [3.05, 3.63) is 65.5 Å². The van der Waals surface area contributed by atoms with E-state index in [4.69, 9.17) is 0 Å². The van der Waals surface area contributed by atoms with Gasteiger partial charge in [-0.3, -0.25) is 4.79 Å². The minimum Gasteiger partial charge on any atom is -0.348 e. The summed E-state index contributed by atoms with van der Waals surface area (Å²) in [6, 6.07) is 13.6. The second-order valence-electron chi connectivity index (χ2n) is 4.77. The fourth-order valence-electron chi connectivity index (χ4n) is 2.13. The van der Waals surface area contributed by atoms with Crippen molar-refractivity contribution in [3.63, 3.8) is 0 Å². The van der Waals surface area contributed by atoms with Crippen LogP contribution in [-0.2, 0) is 6.54 Å². The number of benzene rings is 2. The van der Waals surface area contributed by atoms with Crippen molar-refractivity contribution in [2.45, 2.75) is 13.5 Å². The van der Waals surface area contributed by atoms with E-state index in [1.165, 1.54) is 5.56 Å². The number of nitrogens with one attached hydrogen (secondary N) is 2. The standard InChI is InChI=1S/C16H15N3O/c1-11-5-7-12(8-6-11)9-17-16(20)13-3-2-4-14-15(13)19-10-18-14/h2-8,10H,9H2,1H3,(H,17,20)(H,18,19). The lowest BCUT2D eigenvalue weighted by atomic mass is 10.1. The highest BCUT2D eigenvalue weighted by Crippen LogP contribution is 2.14. The minimum absolute atomic E-state index is 0.108. The Bertz CT molecular complexity index is 744. The van der Waals surface area contributed by atoms with Crippen LogP contribution in [-0.4, -0.2) is 15.9 Å². The lowest BCUT2D eigenvalue weighted by molar-refractivity contribution is 0.0952. The number of carbonyl (C=O) groups is 1. The van der Waals surface area contributed by atoms with E-state index >= 15 is 0 Å². The summed E-state index contributed by atoms with van der Waals surface area (Å²) in [5.41, 5.74) is 4.46. The molecule has 4 nitrogen and oxygen atoms in total. The third kappa shape index (κ3) is 2.40. The van der Waals surface area contributed by atoms with Crippen molar-refractivity contribution in [2.24, 2.45) is 0 Å². The lowest BCUT2D eigenvalue weighted by Gasteiger charge is -2.06. The fourth-order valence-corrected chi connectivity index (χ4v) is 2.13. The van der Waals surface area contributed by atoms with Crippen LogP contribution in [0.4, 0.5) is 0 Å². The monoisotopic (exact) mass is 265 g/mol. The highest BCUT2D eigenvalue weighted by atomic mass is 16.1. The van der Waals surface area contributed by atoms with Crippen LogP contribution in [0.15, 0.2) is 48.8 Å². The molecule has 4 heteroatoms. The van der Waals surface area contributed by atoms with E-state index < -0.39 is 0 Å². The number of para-hydroxylation sites is 1. The summed E-state index contributed by atoms with van der Waals surface area (Å²) in [7, 11) is 0. The summed E-state index contributed by atoms with van der Waals surface area (Å²) >= 11 is 0. The molecule has 0 radical (unpaired) electrons. The summed E-state index contributed by atoms with van der Waals surface area (Å²) in [6.45, 7) is 2.56. The second kappa shape index (κ2) is 5.17. The molecule has 1 amide bonds. The molecule has 0 aliphatic heterocycles. The Hall–Kier alpha value is -2.62. The molecule has 0 atom stereocenters. The molecule has 100 valence electrons. The van der Waals surface area contributed by atoms with Gasteiger partial charge in [0.15, 0.2) is 0 Å². The van der Waals surface area contributed by atoms with Crippen molar-refractivity contribution < 1.29 is 4.79 Å². The van der Waals surface area contributed by atoms with Crippen LogP contribution in [0.3, 0.4) is 0 Å². The molecule has 0 spiro atoms. The average molecular weight is 265 g/mol. The van der Waals surface area contributed by atoms with Crippen LogP contribution in [0.2, 0.25) is 0 Å². The fraction of sp³-hybridized carbons (Fsp3) is 0.125. The summed E-state index contributed by atoms with van der Waals surface area (Å²) in [6.07, 6.45) is 1.60. The van der Waals surface area contributed by atoms with Crippen molar-refractivity contribution >= 4 is 16.9 Å². The van der Waals surface area contributed by atoms with Gasteiger partial charge in [-0.05, 0) is 24.6 Å². The lowest BCUT2D eigenvalue weighted by Crippen LogP contribution is -2.23. The van der Waals surface area contributed by atoms with Gasteiger partial charge >= 0.3 is 0 Å². The van der Waals surface area contributed by atoms with E-state index in [1.54, 1.807) is 12.4 Å². The number of H-pyrrole nitrogens is 1. The molecule has 0 unspecified atom stereocenters. The van der Waals surface area contributed by atoms with Crippen LogP contribution in [0, 0.1) is 6.92 Å². The maximum atomic E-state index is 12.2. The molecule has 2 N–H and O–H groups in total. The first-order chi connectivity index (χ1) is 9.74. The number of rotatable bonds is 3. The first-order valence-corrected chi connectivity index (χ1v) is 6.50. The van der Waals surface area contributed by atoms with Crippen molar-refractivity contribution in [2.75, 3.05) is 0 Å². The molecular weight excluding hydrogens is 250 g/mol. The van der Waals surface area contributed by atoms with Gasteiger partial charge in [-0.25, -0.2) is 4.98 Å². The third-order valence-electron chi connectivity index (χ3n) is 3.27. The maximum Gasteiger partial charge on any atom is 0.253 e. The third-order valence-corrected chi connectivity index (χ3v) is 3.27. The zero-order chi connectivity index (χ0) is 13.9. The number of imidazole rings is 1. The molecule has 1 heterocycles. The highest BCUT2D eigenvalue weighted by Gasteiger charge is 2.11. The number of aromatic amines is 1. The minimum atomic E-state index is -0.108. The van der Waals surface area contributed by atoms with E-state index in [0.717, 1.165) is 11.1 Å². The molecule has 0 aliphatic carbocycles. The normalized spacial score (nSPS) is 10.7. The van der Waals surface area contributed by atoms with Gasteiger partial charge < -0.3 is 10.3 Å². The molecule has 20 heavy (non-hydrogen) atoms. The Labute approximate surface area is 116 Å². The predicted octanol–water partition coefficient (Wildman–Crippen LogP) is 2.80. The van der Waals surface area contributed by atoms with Gasteiger partial charge in [0.1, 0.15) is 5.52 Å². The molecule has 0 bridgehead atoms. The zero-order valence-electron chi connectivity index (χ0n) is 11.2. The van der Waals surface area contributed by atoms with Crippen molar-refractivity contribution in [1.29, 1.82) is 0 Å². The Balaban J connectivity index is 1.76. The first kappa shape index (κ1) is 12.4. The first-order valence-electron chi connectivity index (χ1n) is 6.50. The van der Waals surface area contributed by atoms with Gasteiger partial charge in [0.2, 0.25) is 0 Å². The number of aromatic nitrogens is 2. The van der Waals surface area contributed by atoms with Gasteiger partial charge in [0.05, 0.1) is 17.4 Å². The summed E-state index contributed by atoms with van der Waals surface area (Å²) in [5, 5.41) is 2.92. The van der Waals surface area contributed by atoms with Crippen LogP contribution in [0.5, 0.6) is 0 Å². The number of carbonyl (C=O) groups excluding carboxylic acids is 1. The summed E-state index contributed by atoms with van der Waals surface area (Å²) in [5.74, 6) is -0.108. The summed E-state index contributed by atoms with van der Waals surface area (Å²) in [4.78, 5) is 19.4. The number of aryl methyl sites for hydroxylation is 1. The van der Waals surface area contributed by atoms with E-state index in [1.807, 2.05) is 43.3 Å². The van der Waals surface area contributed by atoms with Gasteiger partial charge in [0, 0.05) is 6.54 Å². The van der Waals surface area contributed by atoms with Gasteiger partial charge in [-0.1, -0.05) is 35.9 Å².